The van der Waals surface area contributed by atoms with Gasteiger partial charge in [0.15, 0.2) is 0 Å². The third-order valence-electron chi connectivity index (χ3n) is 6.25. The third-order valence-corrected chi connectivity index (χ3v) is 6.38. The van der Waals surface area contributed by atoms with E-state index in [0.29, 0.717) is 12.1 Å². The number of hydrogen-bond acceptors (Lipinski definition) is 4. The van der Waals surface area contributed by atoms with Crippen molar-refractivity contribution in [2.45, 2.75) is 38.9 Å². The van der Waals surface area contributed by atoms with Crippen LogP contribution in [0.4, 0.5) is 0 Å². The standard InChI is InChI=1S/C24H30N4S/c1-19-16-26(17-20(2)27(19)15-12-25-18-29)13-7-14-28-23-10-5-3-8-21(23)22-9-4-6-11-24(22)28/h3-6,8-11,19-20H,7,12-17H2,1-2H3/t19-,20+. The topological polar surface area (TPSA) is 23.8 Å². The average molecular weight is 407 g/mol. The Morgan fingerprint density at radius 1 is 0.897 bits per heavy atom. The van der Waals surface area contributed by atoms with Crippen LogP contribution in [0.5, 0.6) is 0 Å². The van der Waals surface area contributed by atoms with E-state index in [0.717, 1.165) is 45.7 Å². The van der Waals surface area contributed by atoms with E-state index in [1.165, 1.54) is 21.8 Å². The summed E-state index contributed by atoms with van der Waals surface area (Å²) in [5.41, 5.74) is 2.69. The van der Waals surface area contributed by atoms with Crippen LogP contribution in [0.1, 0.15) is 20.3 Å². The summed E-state index contributed by atoms with van der Waals surface area (Å²) < 4.78 is 2.50. The lowest BCUT2D eigenvalue weighted by molar-refractivity contribution is 0.0406. The number of benzene rings is 2. The minimum absolute atomic E-state index is 0.548. The van der Waals surface area contributed by atoms with Gasteiger partial charge in [0.1, 0.15) is 0 Å². The molecule has 152 valence electrons. The Labute approximate surface area is 178 Å². The number of aliphatic imine (C=N–C) groups is 1. The van der Waals surface area contributed by atoms with Crippen LogP contribution >= 0.6 is 12.2 Å². The molecule has 0 N–H and O–H groups in total. The molecule has 0 unspecified atom stereocenters. The first-order valence-electron chi connectivity index (χ1n) is 10.7. The summed E-state index contributed by atoms with van der Waals surface area (Å²) in [6.07, 6.45) is 1.16. The van der Waals surface area contributed by atoms with Crippen molar-refractivity contribution in [2.75, 3.05) is 32.7 Å². The largest absolute Gasteiger partial charge is 0.340 e. The molecule has 29 heavy (non-hydrogen) atoms. The Morgan fingerprint density at radius 3 is 2.07 bits per heavy atom. The highest BCUT2D eigenvalue weighted by molar-refractivity contribution is 7.78. The van der Waals surface area contributed by atoms with Gasteiger partial charge in [0.05, 0.1) is 11.7 Å². The van der Waals surface area contributed by atoms with Gasteiger partial charge in [0.25, 0.3) is 0 Å². The minimum atomic E-state index is 0.548. The molecule has 3 aromatic rings. The highest BCUT2D eigenvalue weighted by Gasteiger charge is 2.28. The number of thiocarbonyl (C=S) groups is 1. The maximum absolute atomic E-state index is 4.69. The van der Waals surface area contributed by atoms with Crippen molar-refractivity contribution in [1.82, 2.24) is 14.4 Å². The molecular weight excluding hydrogens is 376 g/mol. The van der Waals surface area contributed by atoms with E-state index < -0.39 is 0 Å². The summed E-state index contributed by atoms with van der Waals surface area (Å²) in [5.74, 6) is 0. The van der Waals surface area contributed by atoms with Crippen LogP contribution in [0, 0.1) is 0 Å². The molecule has 2 aromatic carbocycles. The predicted molar refractivity (Wildman–Crippen MR) is 126 cm³/mol. The maximum atomic E-state index is 4.69. The molecule has 1 fully saturated rings. The van der Waals surface area contributed by atoms with E-state index in [9.17, 15) is 0 Å². The van der Waals surface area contributed by atoms with Gasteiger partial charge >= 0.3 is 0 Å². The highest BCUT2D eigenvalue weighted by atomic mass is 32.1. The number of aromatic nitrogens is 1. The molecular formula is C24H30N4S. The van der Waals surface area contributed by atoms with Crippen molar-refractivity contribution in [3.05, 3.63) is 48.5 Å². The number of para-hydroxylation sites is 2. The van der Waals surface area contributed by atoms with Crippen LogP contribution in [0.2, 0.25) is 0 Å². The normalized spacial score (nSPS) is 20.9. The van der Waals surface area contributed by atoms with Crippen LogP contribution in [0.3, 0.4) is 0 Å². The zero-order valence-electron chi connectivity index (χ0n) is 17.4. The first-order valence-corrected chi connectivity index (χ1v) is 11.1. The van der Waals surface area contributed by atoms with Gasteiger partial charge in [-0.05, 0) is 51.2 Å². The number of nitrogens with zero attached hydrogens (tertiary/aromatic N) is 4. The fourth-order valence-corrected chi connectivity index (χ4v) is 5.09. The first-order chi connectivity index (χ1) is 14.2. The summed E-state index contributed by atoms with van der Waals surface area (Å²) in [6, 6.07) is 18.7. The number of isothiocyanates is 1. The van der Waals surface area contributed by atoms with Crippen molar-refractivity contribution in [3.63, 3.8) is 0 Å². The summed E-state index contributed by atoms with van der Waals surface area (Å²) >= 11 is 4.69. The maximum Gasteiger partial charge on any atom is 0.0620 e. The van der Waals surface area contributed by atoms with Crippen molar-refractivity contribution in [3.8, 4) is 0 Å². The van der Waals surface area contributed by atoms with E-state index in [-0.39, 0.29) is 0 Å². The van der Waals surface area contributed by atoms with Crippen LogP contribution in [0.15, 0.2) is 53.5 Å². The predicted octanol–water partition coefficient (Wildman–Crippen LogP) is 4.68. The monoisotopic (exact) mass is 406 g/mol. The van der Waals surface area contributed by atoms with Crippen LogP contribution in [-0.2, 0) is 6.54 Å². The van der Waals surface area contributed by atoms with Crippen molar-refractivity contribution >= 4 is 39.2 Å². The molecule has 0 aliphatic carbocycles. The summed E-state index contributed by atoms with van der Waals surface area (Å²) in [4.78, 5) is 9.27. The Morgan fingerprint density at radius 2 is 1.48 bits per heavy atom. The average Bonchev–Trinajstić information content (AvgIpc) is 3.04. The summed E-state index contributed by atoms with van der Waals surface area (Å²) in [5, 5.41) is 5.20. The molecule has 2 atom stereocenters. The number of piperazine rings is 1. The molecule has 0 bridgehead atoms. The van der Waals surface area contributed by atoms with E-state index in [2.05, 4.69) is 86.9 Å². The number of aryl methyl sites for hydroxylation is 1. The molecule has 1 aliphatic heterocycles. The number of hydrogen-bond donors (Lipinski definition) is 0. The zero-order valence-corrected chi connectivity index (χ0v) is 18.2. The van der Waals surface area contributed by atoms with E-state index in [4.69, 9.17) is 12.2 Å². The summed E-state index contributed by atoms with van der Waals surface area (Å²) in [7, 11) is 0. The van der Waals surface area contributed by atoms with E-state index in [1.807, 2.05) is 0 Å². The lowest BCUT2D eigenvalue weighted by Crippen LogP contribution is -2.57. The molecule has 5 heteroatoms. The molecule has 4 rings (SSSR count). The molecule has 0 amide bonds. The van der Waals surface area contributed by atoms with E-state index >= 15 is 0 Å². The van der Waals surface area contributed by atoms with Crippen molar-refractivity contribution in [2.24, 2.45) is 4.99 Å². The second-order valence-electron chi connectivity index (χ2n) is 8.21. The molecule has 0 spiro atoms. The molecule has 1 aromatic heterocycles. The lowest BCUT2D eigenvalue weighted by atomic mass is 10.1. The van der Waals surface area contributed by atoms with Crippen molar-refractivity contribution in [1.29, 1.82) is 0 Å². The molecule has 1 aliphatic rings. The first kappa shape index (κ1) is 20.2. The van der Waals surface area contributed by atoms with Gasteiger partial charge in [0, 0.05) is 60.1 Å². The SMILES string of the molecule is C[C@@H]1CN(CCCn2c3ccccc3c3ccccc32)C[C@H](C)N1CCN=C=S. The molecule has 0 saturated carbocycles. The van der Waals surface area contributed by atoms with Gasteiger partial charge in [-0.3, -0.25) is 4.90 Å². The fourth-order valence-electron chi connectivity index (χ4n) is 5.00. The van der Waals surface area contributed by atoms with Gasteiger partial charge in [-0.25, -0.2) is 4.99 Å². The van der Waals surface area contributed by atoms with Gasteiger partial charge in [-0.2, -0.15) is 0 Å². The lowest BCUT2D eigenvalue weighted by Gasteiger charge is -2.44. The Kier molecular flexibility index (Phi) is 6.41. The van der Waals surface area contributed by atoms with Gasteiger partial charge in [0.2, 0.25) is 0 Å². The molecule has 1 saturated heterocycles. The Balaban J connectivity index is 1.40. The Hall–Kier alpha value is -2.04. The third kappa shape index (κ3) is 4.29. The van der Waals surface area contributed by atoms with Crippen LogP contribution < -0.4 is 0 Å². The van der Waals surface area contributed by atoms with Gasteiger partial charge in [-0.15, -0.1) is 0 Å². The van der Waals surface area contributed by atoms with E-state index in [1.54, 1.807) is 0 Å². The smallest absolute Gasteiger partial charge is 0.0620 e. The minimum Gasteiger partial charge on any atom is -0.340 e. The molecule has 4 nitrogen and oxygen atoms in total. The molecule has 2 heterocycles. The second-order valence-corrected chi connectivity index (χ2v) is 8.39. The Bertz CT molecular complexity index is 955. The van der Waals surface area contributed by atoms with Gasteiger partial charge in [-0.1, -0.05) is 36.4 Å². The molecule has 0 radical (unpaired) electrons. The van der Waals surface area contributed by atoms with Crippen LogP contribution in [-0.4, -0.2) is 64.3 Å². The summed E-state index contributed by atoms with van der Waals surface area (Å²) in [6.45, 7) is 10.8. The fraction of sp³-hybridized carbons (Fsp3) is 0.458. The highest BCUT2D eigenvalue weighted by Crippen LogP contribution is 2.29. The van der Waals surface area contributed by atoms with Crippen LogP contribution in [0.25, 0.3) is 21.8 Å². The second kappa shape index (κ2) is 9.19. The number of rotatable bonds is 7. The van der Waals surface area contributed by atoms with Crippen molar-refractivity contribution < 1.29 is 0 Å². The number of fused-ring (bicyclic) bond motifs is 3. The van der Waals surface area contributed by atoms with Gasteiger partial charge < -0.3 is 9.47 Å². The quantitative estimate of drug-likeness (QED) is 0.420. The zero-order chi connectivity index (χ0) is 20.2.